The van der Waals surface area contributed by atoms with Crippen molar-refractivity contribution >= 4 is 55.3 Å². The van der Waals surface area contributed by atoms with E-state index in [4.69, 9.17) is 26.6 Å². The van der Waals surface area contributed by atoms with Gasteiger partial charge in [0.1, 0.15) is 48.5 Å². The second-order valence-corrected chi connectivity index (χ2v) is 15.2. The van der Waals surface area contributed by atoms with E-state index >= 15 is 0 Å². The zero-order chi connectivity index (χ0) is 38.6. The summed E-state index contributed by atoms with van der Waals surface area (Å²) in [4.78, 5) is 66.4. The number of nitrogens with two attached hydrogens (primary N) is 1. The summed E-state index contributed by atoms with van der Waals surface area (Å²) in [6.07, 6.45) is -10.1. The molecule has 1 saturated heterocycles. The molecule has 10 N–H and O–H groups in total. The maximum atomic E-state index is 12.5. The van der Waals surface area contributed by atoms with Gasteiger partial charge in [0.05, 0.1) is 37.1 Å². The van der Waals surface area contributed by atoms with Gasteiger partial charge in [-0.3, -0.25) is 23.4 Å². The number of halogens is 1. The lowest BCUT2D eigenvalue weighted by molar-refractivity contribution is -0.0794. The minimum atomic E-state index is -5.56. The summed E-state index contributed by atoms with van der Waals surface area (Å²) in [5.74, 6) is -0.275. The van der Waals surface area contributed by atoms with E-state index in [1.54, 1.807) is 6.92 Å². The van der Waals surface area contributed by atoms with E-state index in [9.17, 15) is 54.0 Å². The largest absolute Gasteiger partial charge is 0.481 e. The first-order valence-electron chi connectivity index (χ1n) is 15.1. The van der Waals surface area contributed by atoms with E-state index in [1.165, 1.54) is 23.0 Å². The summed E-state index contributed by atoms with van der Waals surface area (Å²) >= 11 is 6.26. The number of aliphatic hydroxyl groups is 5. The molecule has 0 aliphatic carbocycles. The van der Waals surface area contributed by atoms with Crippen LogP contribution in [0.3, 0.4) is 0 Å². The SMILES string of the molecule is Cc1cc2nc3c(=O)[nH]c(=O)nc-3n(C[C@H](O)[C@H](O)[C@H](O)COP(=O)(O)OP(=O)(O)OC[C@H]3O[C@@H](n4cnc5c(N)ncnc54)[C@H](O)[C@@H]3O)c2cc1Cl. The highest BCUT2D eigenvalue weighted by atomic mass is 35.5. The number of aromatic amines is 1. The monoisotopic (exact) mass is 805 g/mol. The van der Waals surface area contributed by atoms with Crippen molar-refractivity contribution in [2.75, 3.05) is 18.9 Å². The van der Waals surface area contributed by atoms with Gasteiger partial charge in [0.15, 0.2) is 29.2 Å². The molecule has 3 aromatic rings. The maximum absolute atomic E-state index is 12.5. The summed E-state index contributed by atoms with van der Waals surface area (Å²) in [6, 6.07) is 2.93. The molecule has 0 bridgehead atoms. The van der Waals surface area contributed by atoms with Crippen molar-refractivity contribution in [2.24, 2.45) is 0 Å². The number of anilines is 1. The molecule has 5 heterocycles. The number of hydrogen-bond donors (Lipinski definition) is 9. The summed E-state index contributed by atoms with van der Waals surface area (Å²) in [7, 11) is -11.0. The molecule has 0 saturated carbocycles. The average Bonchev–Trinajstić information content (AvgIpc) is 3.63. The summed E-state index contributed by atoms with van der Waals surface area (Å²) in [5, 5.41) is 53.2. The number of aromatic nitrogens is 8. The fraction of sp³-hybridized carbons (Fsp3) is 0.423. The predicted molar refractivity (Wildman–Crippen MR) is 177 cm³/mol. The Hall–Kier alpha value is -3.84. The fourth-order valence-electron chi connectivity index (χ4n) is 5.42. The predicted octanol–water partition coefficient (Wildman–Crippen LogP) is -2.08. The van der Waals surface area contributed by atoms with E-state index in [1.807, 2.05) is 4.98 Å². The molecule has 1 aromatic carbocycles. The van der Waals surface area contributed by atoms with E-state index in [2.05, 4.69) is 33.8 Å². The second kappa shape index (κ2) is 14.8. The van der Waals surface area contributed by atoms with Gasteiger partial charge in [-0.2, -0.15) is 9.29 Å². The summed E-state index contributed by atoms with van der Waals surface area (Å²) in [5.41, 5.74) is 4.77. The van der Waals surface area contributed by atoms with Gasteiger partial charge in [0.2, 0.25) is 0 Å². The van der Waals surface area contributed by atoms with Crippen molar-refractivity contribution in [1.29, 1.82) is 0 Å². The number of nitrogen functional groups attached to an aromatic ring is 1. The number of phosphoric ester groups is 2. The molecular formula is C26H30ClN9O15P2. The quantitative estimate of drug-likeness (QED) is 0.0455. The van der Waals surface area contributed by atoms with Crippen molar-refractivity contribution in [2.45, 2.75) is 56.3 Å². The van der Waals surface area contributed by atoms with Crippen LogP contribution in [0.25, 0.3) is 33.7 Å². The Morgan fingerprint density at radius 2 is 1.75 bits per heavy atom. The molecule has 53 heavy (non-hydrogen) atoms. The molecular weight excluding hydrogens is 776 g/mol. The molecule has 3 aliphatic heterocycles. The normalized spacial score (nSPS) is 23.3. The Balaban J connectivity index is 1.07. The molecule has 27 heteroatoms. The van der Waals surface area contributed by atoms with Crippen LogP contribution in [-0.2, 0) is 33.8 Å². The fourth-order valence-corrected chi connectivity index (χ4v) is 7.68. The number of aliphatic hydroxyl groups excluding tert-OH is 5. The lowest BCUT2D eigenvalue weighted by Crippen LogP contribution is -2.42. The van der Waals surface area contributed by atoms with Crippen LogP contribution in [0.4, 0.5) is 5.82 Å². The van der Waals surface area contributed by atoms with E-state index in [0.29, 0.717) is 5.56 Å². The number of nitrogens with zero attached hydrogens (tertiary/aromatic N) is 7. The van der Waals surface area contributed by atoms with Crippen LogP contribution in [0, 0.1) is 6.92 Å². The standard InChI is InChI=1S/C26H30ClN9O15P2/c1-9-2-11-12(3-10(9)27)35(23-17(32-11)24(42)34-26(43)33-23)4-13(37)18(39)14(38)5-48-52(44,45)51-53(46,47)49-6-15-19(40)20(41)25(50-15)36-8-31-16-21(28)29-7-30-22(16)36/h2-3,7-8,13-15,18-20,25,37-41H,4-6H2,1H3,(H,44,45)(H,46,47)(H2,28,29,30)(H,34,42,43)/t13-,14+,15+,18-,19+,20+,25+/m0/s1. The van der Waals surface area contributed by atoms with Gasteiger partial charge in [0, 0.05) is 5.02 Å². The van der Waals surface area contributed by atoms with E-state index in [0.717, 1.165) is 10.9 Å². The highest BCUT2D eigenvalue weighted by Crippen LogP contribution is 2.60. The zero-order valence-corrected chi connectivity index (χ0v) is 29.4. The number of aryl methyl sites for hydroxylation is 1. The van der Waals surface area contributed by atoms with Gasteiger partial charge >= 0.3 is 21.3 Å². The van der Waals surface area contributed by atoms with Gasteiger partial charge in [0.25, 0.3) is 5.56 Å². The first kappa shape index (κ1) is 38.9. The van der Waals surface area contributed by atoms with Gasteiger partial charge in [-0.05, 0) is 24.6 Å². The van der Waals surface area contributed by atoms with Crippen LogP contribution in [0.2, 0.25) is 5.02 Å². The van der Waals surface area contributed by atoms with Gasteiger partial charge in [-0.15, -0.1) is 0 Å². The molecule has 9 atom stereocenters. The van der Waals surface area contributed by atoms with Crippen LogP contribution in [-0.4, -0.2) is 124 Å². The number of rotatable bonds is 13. The third-order valence-electron chi connectivity index (χ3n) is 8.06. The minimum absolute atomic E-state index is 0.0253. The topological polar surface area (TPSA) is 363 Å². The second-order valence-electron chi connectivity index (χ2n) is 11.7. The average molecular weight is 806 g/mol. The number of imidazole rings is 1. The van der Waals surface area contributed by atoms with E-state index < -0.39 is 89.5 Å². The van der Waals surface area contributed by atoms with Crippen LogP contribution in [0.15, 0.2) is 34.4 Å². The first-order valence-corrected chi connectivity index (χ1v) is 18.5. The van der Waals surface area contributed by atoms with Crippen LogP contribution >= 0.6 is 27.2 Å². The first-order chi connectivity index (χ1) is 24.9. The zero-order valence-electron chi connectivity index (χ0n) is 26.8. The molecule has 286 valence electrons. The van der Waals surface area contributed by atoms with Crippen molar-refractivity contribution in [3.8, 4) is 11.5 Å². The minimum Gasteiger partial charge on any atom is -0.388 e. The Labute approximate surface area is 299 Å². The third kappa shape index (κ3) is 8.01. The number of phosphoric acid groups is 2. The van der Waals surface area contributed by atoms with E-state index in [-0.39, 0.29) is 44.6 Å². The lowest BCUT2D eigenvalue weighted by atomic mass is 10.1. The number of fused-ring (bicyclic) bond motifs is 3. The van der Waals surface area contributed by atoms with Gasteiger partial charge in [-0.1, -0.05) is 11.6 Å². The van der Waals surface area contributed by atoms with Gasteiger partial charge in [-0.25, -0.2) is 33.9 Å². The molecule has 0 spiro atoms. The van der Waals surface area contributed by atoms with Crippen molar-refractivity contribution in [1.82, 2.24) is 39.0 Å². The number of benzene rings is 1. The third-order valence-corrected chi connectivity index (χ3v) is 11.1. The molecule has 2 unspecified atom stereocenters. The van der Waals surface area contributed by atoms with Gasteiger partial charge < -0.3 is 50.4 Å². The molecule has 24 nitrogen and oxygen atoms in total. The smallest absolute Gasteiger partial charge is 0.388 e. The number of hydrogen-bond acceptors (Lipinski definition) is 19. The van der Waals surface area contributed by atoms with Crippen molar-refractivity contribution in [3.05, 3.63) is 56.2 Å². The highest BCUT2D eigenvalue weighted by molar-refractivity contribution is 7.61. The Morgan fingerprint density at radius 1 is 1.04 bits per heavy atom. The molecule has 0 radical (unpaired) electrons. The highest BCUT2D eigenvalue weighted by Gasteiger charge is 2.46. The van der Waals surface area contributed by atoms with Crippen molar-refractivity contribution < 1.29 is 62.5 Å². The van der Waals surface area contributed by atoms with Crippen LogP contribution < -0.4 is 17.0 Å². The Bertz CT molecular complexity index is 2360. The summed E-state index contributed by atoms with van der Waals surface area (Å²) < 4.78 is 46.4. The lowest BCUT2D eigenvalue weighted by Gasteiger charge is -2.26. The molecule has 1 fully saturated rings. The molecule has 2 aromatic heterocycles. The Morgan fingerprint density at radius 3 is 2.49 bits per heavy atom. The molecule has 3 aliphatic rings. The number of H-pyrrole nitrogens is 1. The maximum Gasteiger partial charge on any atom is 0.481 e. The van der Waals surface area contributed by atoms with Crippen LogP contribution in [0.5, 0.6) is 0 Å². The number of ether oxygens (including phenoxy) is 1. The van der Waals surface area contributed by atoms with Crippen molar-refractivity contribution in [3.63, 3.8) is 0 Å². The van der Waals surface area contributed by atoms with Crippen LogP contribution in [0.1, 0.15) is 11.8 Å². The molecule has 0 amide bonds. The Kier molecular flexibility index (Phi) is 10.8. The summed E-state index contributed by atoms with van der Waals surface area (Å²) in [6.45, 7) is -1.20. The number of nitrogens with one attached hydrogen (secondary N) is 1. The molecule has 6 rings (SSSR count).